The number of alkyl halides is 3. The Balaban J connectivity index is 1.73. The monoisotopic (exact) mass is 354 g/mol. The highest BCUT2D eigenvalue weighted by Crippen LogP contribution is 2.31. The summed E-state index contributed by atoms with van der Waals surface area (Å²) < 4.78 is 50.0. The van der Waals surface area contributed by atoms with Crippen LogP contribution in [0.4, 0.5) is 18.0 Å². The van der Waals surface area contributed by atoms with E-state index in [1.54, 1.807) is 0 Å². The number of rotatable bonds is 3. The van der Waals surface area contributed by atoms with Gasteiger partial charge in [0.15, 0.2) is 0 Å². The summed E-state index contributed by atoms with van der Waals surface area (Å²) in [6.07, 6.45) is 0.529. The lowest BCUT2D eigenvalue weighted by Crippen LogP contribution is -2.23. The van der Waals surface area contributed by atoms with Crippen LogP contribution < -0.4 is 4.74 Å². The van der Waals surface area contributed by atoms with Crippen molar-refractivity contribution in [3.63, 3.8) is 0 Å². The molecule has 25 heavy (non-hydrogen) atoms. The van der Waals surface area contributed by atoms with Crippen molar-refractivity contribution in [2.45, 2.75) is 44.4 Å². The molecule has 0 saturated heterocycles. The summed E-state index contributed by atoms with van der Waals surface area (Å²) in [7, 11) is 0. The molecule has 1 aliphatic rings. The molecule has 0 spiro atoms. The minimum absolute atomic E-state index is 0.000124. The Morgan fingerprint density at radius 3 is 2.64 bits per heavy atom. The topological polar surface area (TPSA) is 53.3 Å². The second kappa shape index (κ2) is 7.16. The molecule has 0 amide bonds. The average molecular weight is 354 g/mol. The molecule has 1 aromatic carbocycles. The minimum atomic E-state index is -4.47. The van der Waals surface area contributed by atoms with Crippen molar-refractivity contribution in [2.75, 3.05) is 0 Å². The maximum absolute atomic E-state index is 12.8. The van der Waals surface area contributed by atoms with E-state index < -0.39 is 17.9 Å². The predicted molar refractivity (Wildman–Crippen MR) is 82.5 cm³/mol. The highest BCUT2D eigenvalue weighted by atomic mass is 19.4. The molecule has 1 aromatic heterocycles. The van der Waals surface area contributed by atoms with E-state index in [9.17, 15) is 18.0 Å². The molecular formula is C17H17F3N2O3. The molecular weight excluding hydrogens is 337 g/mol. The Bertz CT molecular complexity index is 737. The Morgan fingerprint density at radius 1 is 1.16 bits per heavy atom. The van der Waals surface area contributed by atoms with Crippen LogP contribution in [0.5, 0.6) is 5.88 Å². The van der Waals surface area contributed by atoms with Crippen molar-refractivity contribution in [1.29, 1.82) is 0 Å². The van der Waals surface area contributed by atoms with E-state index in [0.717, 1.165) is 48.9 Å². The molecule has 3 rings (SSSR count). The van der Waals surface area contributed by atoms with Gasteiger partial charge in [-0.3, -0.25) is 0 Å². The summed E-state index contributed by atoms with van der Waals surface area (Å²) in [6.45, 7) is 0. The van der Waals surface area contributed by atoms with E-state index in [1.165, 1.54) is 24.4 Å². The fraction of sp³-hybridized carbons (Fsp3) is 0.412. The number of hydrogen-bond acceptors (Lipinski definition) is 4. The van der Waals surface area contributed by atoms with Gasteiger partial charge in [-0.25, -0.2) is 9.48 Å². The Labute approximate surface area is 142 Å². The fourth-order valence-electron chi connectivity index (χ4n) is 2.80. The molecule has 134 valence electrons. The Kier molecular flexibility index (Phi) is 4.96. The molecule has 8 heteroatoms. The van der Waals surface area contributed by atoms with E-state index >= 15 is 0 Å². The normalized spacial score (nSPS) is 15.8. The standard InChI is InChI=1S/C17H17F3N2O3/c18-17(19,20)12-5-4-6-13(11-12)22-15(9-10-21-22)25-16(23)24-14-7-2-1-3-8-14/h4-6,9-11,14H,1-3,7-8H2. The first kappa shape index (κ1) is 17.3. The number of carbonyl (C=O) groups is 1. The van der Waals surface area contributed by atoms with Gasteiger partial charge in [0, 0.05) is 6.07 Å². The summed E-state index contributed by atoms with van der Waals surface area (Å²) in [5, 5.41) is 3.93. The van der Waals surface area contributed by atoms with E-state index in [4.69, 9.17) is 9.47 Å². The first-order valence-corrected chi connectivity index (χ1v) is 8.03. The number of halogens is 3. The molecule has 0 aliphatic heterocycles. The van der Waals surface area contributed by atoms with Gasteiger partial charge >= 0.3 is 12.3 Å². The minimum Gasteiger partial charge on any atom is -0.431 e. The number of hydrogen-bond donors (Lipinski definition) is 0. The van der Waals surface area contributed by atoms with Gasteiger partial charge in [-0.1, -0.05) is 12.5 Å². The van der Waals surface area contributed by atoms with Gasteiger partial charge in [-0.2, -0.15) is 18.3 Å². The Morgan fingerprint density at radius 2 is 1.92 bits per heavy atom. The van der Waals surface area contributed by atoms with Gasteiger partial charge in [0.25, 0.3) is 0 Å². The van der Waals surface area contributed by atoms with Crippen LogP contribution >= 0.6 is 0 Å². The van der Waals surface area contributed by atoms with Gasteiger partial charge < -0.3 is 9.47 Å². The summed E-state index contributed by atoms with van der Waals surface area (Å²) in [6, 6.07) is 6.01. The van der Waals surface area contributed by atoms with Gasteiger partial charge in [-0.05, 0) is 43.9 Å². The van der Waals surface area contributed by atoms with E-state index in [1.807, 2.05) is 0 Å². The van der Waals surface area contributed by atoms with Crippen LogP contribution in [0.2, 0.25) is 0 Å². The third-order valence-electron chi connectivity index (χ3n) is 4.03. The van der Waals surface area contributed by atoms with Crippen molar-refractivity contribution in [3.05, 3.63) is 42.1 Å². The second-order valence-electron chi connectivity index (χ2n) is 5.86. The lowest BCUT2D eigenvalue weighted by molar-refractivity contribution is -0.137. The Hall–Kier alpha value is -2.51. The van der Waals surface area contributed by atoms with Gasteiger partial charge in [-0.15, -0.1) is 0 Å². The van der Waals surface area contributed by atoms with Crippen molar-refractivity contribution in [1.82, 2.24) is 9.78 Å². The average Bonchev–Trinajstić information content (AvgIpc) is 3.03. The molecule has 5 nitrogen and oxygen atoms in total. The zero-order chi connectivity index (χ0) is 17.9. The number of benzene rings is 1. The second-order valence-corrected chi connectivity index (χ2v) is 5.86. The van der Waals surface area contributed by atoms with Gasteiger partial charge in [0.2, 0.25) is 5.88 Å². The number of nitrogens with zero attached hydrogens (tertiary/aromatic N) is 2. The summed E-state index contributed by atoms with van der Waals surface area (Å²) in [5.41, 5.74) is -0.670. The lowest BCUT2D eigenvalue weighted by Gasteiger charge is -2.21. The van der Waals surface area contributed by atoms with Crippen LogP contribution in [-0.4, -0.2) is 22.0 Å². The fourth-order valence-corrected chi connectivity index (χ4v) is 2.80. The summed E-state index contributed by atoms with van der Waals surface area (Å²) in [5.74, 6) is 0.000124. The van der Waals surface area contributed by atoms with E-state index in [0.29, 0.717) is 0 Å². The summed E-state index contributed by atoms with van der Waals surface area (Å²) >= 11 is 0. The van der Waals surface area contributed by atoms with Crippen molar-refractivity contribution in [3.8, 4) is 11.6 Å². The van der Waals surface area contributed by atoms with Crippen LogP contribution in [0.15, 0.2) is 36.5 Å². The van der Waals surface area contributed by atoms with Crippen LogP contribution in [0, 0.1) is 0 Å². The molecule has 0 bridgehead atoms. The SMILES string of the molecule is O=C(Oc1ccnn1-c1cccc(C(F)(F)F)c1)OC1CCCCC1. The maximum Gasteiger partial charge on any atom is 0.515 e. The molecule has 0 N–H and O–H groups in total. The van der Waals surface area contributed by atoms with Gasteiger partial charge in [0.1, 0.15) is 6.10 Å². The first-order valence-electron chi connectivity index (χ1n) is 8.03. The molecule has 0 unspecified atom stereocenters. The maximum atomic E-state index is 12.8. The molecule has 1 aliphatic carbocycles. The van der Waals surface area contributed by atoms with Crippen molar-refractivity contribution < 1.29 is 27.4 Å². The third-order valence-corrected chi connectivity index (χ3v) is 4.03. The molecule has 2 aromatic rings. The van der Waals surface area contributed by atoms with E-state index in [2.05, 4.69) is 5.10 Å². The highest BCUT2D eigenvalue weighted by molar-refractivity contribution is 5.63. The zero-order valence-electron chi connectivity index (χ0n) is 13.3. The third kappa shape index (κ3) is 4.32. The molecule has 0 radical (unpaired) electrons. The number of carbonyl (C=O) groups excluding carboxylic acids is 1. The largest absolute Gasteiger partial charge is 0.515 e. The van der Waals surface area contributed by atoms with Crippen molar-refractivity contribution >= 4 is 6.16 Å². The molecule has 1 saturated carbocycles. The van der Waals surface area contributed by atoms with Crippen LogP contribution in [0.3, 0.4) is 0 Å². The highest BCUT2D eigenvalue weighted by Gasteiger charge is 2.31. The van der Waals surface area contributed by atoms with Gasteiger partial charge in [0.05, 0.1) is 17.4 Å². The number of ether oxygens (including phenoxy) is 2. The molecule has 0 atom stereocenters. The molecule has 1 fully saturated rings. The van der Waals surface area contributed by atoms with Crippen molar-refractivity contribution in [2.24, 2.45) is 0 Å². The zero-order valence-corrected chi connectivity index (χ0v) is 13.3. The van der Waals surface area contributed by atoms with Crippen LogP contribution in [0.25, 0.3) is 5.69 Å². The quantitative estimate of drug-likeness (QED) is 0.747. The summed E-state index contributed by atoms with van der Waals surface area (Å²) in [4.78, 5) is 11.9. The van der Waals surface area contributed by atoms with E-state index in [-0.39, 0.29) is 17.7 Å². The first-order chi connectivity index (χ1) is 11.9. The number of aromatic nitrogens is 2. The molecule has 1 heterocycles. The van der Waals surface area contributed by atoms with Crippen LogP contribution in [-0.2, 0) is 10.9 Å². The lowest BCUT2D eigenvalue weighted by atomic mass is 9.98. The smallest absolute Gasteiger partial charge is 0.431 e. The predicted octanol–water partition coefficient (Wildman–Crippen LogP) is 4.74. The van der Waals surface area contributed by atoms with Crippen LogP contribution in [0.1, 0.15) is 37.7 Å².